The molecule has 17 nitrogen and oxygen atoms in total. The van der Waals surface area contributed by atoms with Gasteiger partial charge in [0.2, 0.25) is 5.91 Å². The Morgan fingerprint density at radius 1 is 0.721 bits per heavy atom. The summed E-state index contributed by atoms with van der Waals surface area (Å²) in [7, 11) is 1.72. The van der Waals surface area contributed by atoms with E-state index in [1.54, 1.807) is 11.9 Å². The molecule has 364 valence electrons. The minimum atomic E-state index is -1.35. The number of hydrogen-bond donors (Lipinski definition) is 2. The molecule has 3 aromatic heterocycles. The van der Waals surface area contributed by atoms with Crippen LogP contribution in [0.3, 0.4) is 0 Å². The van der Waals surface area contributed by atoms with E-state index >= 15 is 0 Å². The second-order valence-electron chi connectivity index (χ2n) is 17.2. The summed E-state index contributed by atoms with van der Waals surface area (Å²) in [5.74, 6) is -2.93. The lowest BCUT2D eigenvalue weighted by atomic mass is 9.98. The van der Waals surface area contributed by atoms with E-state index in [2.05, 4.69) is 82.4 Å². The number of ether oxygens (including phenoxy) is 7. The Balaban J connectivity index is 1.15. The zero-order chi connectivity index (χ0) is 49.6. The van der Waals surface area contributed by atoms with Crippen LogP contribution in [0.2, 0.25) is 0 Å². The quantitative estimate of drug-likeness (QED) is 0.0763. The monoisotopic (exact) mass is 937 g/mol. The van der Waals surface area contributed by atoms with Gasteiger partial charge in [0.1, 0.15) is 12.7 Å². The zero-order valence-electron chi connectivity index (χ0n) is 40.9. The van der Waals surface area contributed by atoms with E-state index in [-0.39, 0.29) is 45.3 Å². The number of nitrogens with one attached hydrogen (secondary N) is 2. The van der Waals surface area contributed by atoms with Gasteiger partial charge in [-0.05, 0) is 111 Å². The third-order valence-electron chi connectivity index (χ3n) is 12.4. The maximum Gasteiger partial charge on any atom is 0.303 e. The summed E-state index contributed by atoms with van der Waals surface area (Å²) < 4.78 is 39.2. The van der Waals surface area contributed by atoms with E-state index in [9.17, 15) is 24.0 Å². The number of carbonyl (C=O) groups excluding carboxylic acids is 5. The third kappa shape index (κ3) is 11.6. The molecular formula is C51H63N5O12. The Kier molecular flexibility index (Phi) is 16.6. The van der Waals surface area contributed by atoms with Crippen LogP contribution in [0.5, 0.6) is 0 Å². The van der Waals surface area contributed by atoms with Gasteiger partial charge in [-0.3, -0.25) is 24.0 Å². The van der Waals surface area contributed by atoms with Gasteiger partial charge in [-0.15, -0.1) is 0 Å². The Hall–Kier alpha value is -6.43. The molecule has 0 aliphatic carbocycles. The number of aromatic nitrogens is 4. The fraction of sp³-hybridized carbons (Fsp3) is 0.471. The van der Waals surface area contributed by atoms with Gasteiger partial charge in [0.25, 0.3) is 0 Å². The fourth-order valence-electron chi connectivity index (χ4n) is 8.73. The lowest BCUT2D eigenvalue weighted by Crippen LogP contribution is -2.63. The van der Waals surface area contributed by atoms with Crippen LogP contribution in [-0.2, 0) is 57.1 Å². The summed E-state index contributed by atoms with van der Waals surface area (Å²) in [5, 5.41) is 0. The highest BCUT2D eigenvalue weighted by Gasteiger charge is 2.52. The lowest BCUT2D eigenvalue weighted by molar-refractivity contribution is -0.309. The molecule has 2 N–H and O–H groups in total. The molecule has 0 unspecified atom stereocenters. The maximum absolute atomic E-state index is 13.7. The number of amides is 1. The summed E-state index contributed by atoms with van der Waals surface area (Å²) in [6.45, 7) is 21.3. The Morgan fingerprint density at radius 3 is 1.99 bits per heavy atom. The zero-order valence-corrected chi connectivity index (χ0v) is 40.9. The van der Waals surface area contributed by atoms with Crippen LogP contribution in [0.1, 0.15) is 113 Å². The second kappa shape index (κ2) is 22.1. The van der Waals surface area contributed by atoms with Crippen LogP contribution in [0.4, 0.5) is 0 Å². The normalized spacial score (nSPS) is 19.1. The predicted molar refractivity (Wildman–Crippen MR) is 256 cm³/mol. The van der Waals surface area contributed by atoms with Gasteiger partial charge < -0.3 is 48.0 Å². The van der Waals surface area contributed by atoms with Crippen LogP contribution in [0.15, 0.2) is 30.8 Å². The number of fused-ring (bicyclic) bond motifs is 8. The summed E-state index contributed by atoms with van der Waals surface area (Å²) >= 11 is 0. The molecule has 0 spiro atoms. The third-order valence-corrected chi connectivity index (χ3v) is 12.4. The van der Waals surface area contributed by atoms with Crippen LogP contribution in [0.25, 0.3) is 50.4 Å². The molecule has 0 radical (unpaired) electrons. The first kappa shape index (κ1) is 51.0. The lowest BCUT2D eigenvalue weighted by Gasteiger charge is -2.44. The number of aromatic amines is 2. The Labute approximate surface area is 396 Å². The average molecular weight is 938 g/mol. The number of hydrogen-bond acceptors (Lipinski definition) is 14. The van der Waals surface area contributed by atoms with Crippen molar-refractivity contribution in [3.05, 3.63) is 75.9 Å². The smallest absolute Gasteiger partial charge is 0.303 e. The van der Waals surface area contributed by atoms with E-state index in [1.165, 1.54) is 12.5 Å². The largest absolute Gasteiger partial charge is 0.463 e. The molecule has 1 amide bonds. The first-order valence-corrected chi connectivity index (χ1v) is 22.8. The maximum atomic E-state index is 13.7. The van der Waals surface area contributed by atoms with Gasteiger partial charge in [-0.25, -0.2) is 9.97 Å². The van der Waals surface area contributed by atoms with E-state index in [4.69, 9.17) is 43.1 Å². The first-order valence-electron chi connectivity index (χ1n) is 22.8. The fourth-order valence-corrected chi connectivity index (χ4v) is 8.73. The summed E-state index contributed by atoms with van der Waals surface area (Å²) in [6.07, 6.45) is -3.08. The van der Waals surface area contributed by atoms with Crippen molar-refractivity contribution in [2.24, 2.45) is 0 Å². The van der Waals surface area contributed by atoms with Crippen LogP contribution in [-0.4, -0.2) is 125 Å². The molecule has 3 aliphatic heterocycles. The molecule has 17 heteroatoms. The average Bonchev–Trinajstić information content (AvgIpc) is 3.98. The molecule has 68 heavy (non-hydrogen) atoms. The molecule has 0 saturated carbocycles. The van der Waals surface area contributed by atoms with Crippen molar-refractivity contribution >= 4 is 80.2 Å². The van der Waals surface area contributed by atoms with Crippen LogP contribution in [0, 0.1) is 20.8 Å². The van der Waals surface area contributed by atoms with Crippen molar-refractivity contribution in [3.8, 4) is 0 Å². The number of carbonyl (C=O) groups is 5. The summed E-state index contributed by atoms with van der Waals surface area (Å²) in [4.78, 5) is 80.9. The Bertz CT molecular complexity index is 2710. The molecule has 1 fully saturated rings. The highest BCUT2D eigenvalue weighted by molar-refractivity contribution is 5.96. The van der Waals surface area contributed by atoms with Gasteiger partial charge in [0, 0.05) is 75.3 Å². The molecule has 8 bridgehead atoms. The number of allylic oxidation sites excluding steroid dienone is 4. The van der Waals surface area contributed by atoms with Crippen LogP contribution >= 0.6 is 0 Å². The summed E-state index contributed by atoms with van der Waals surface area (Å²) in [5.41, 5.74) is 15.6. The van der Waals surface area contributed by atoms with Gasteiger partial charge in [0.05, 0.1) is 42.6 Å². The number of aryl methyl sites for hydroxylation is 3. The van der Waals surface area contributed by atoms with Gasteiger partial charge in [-0.1, -0.05) is 19.6 Å². The van der Waals surface area contributed by atoms with Crippen molar-refractivity contribution in [2.75, 3.05) is 40.0 Å². The van der Waals surface area contributed by atoms with Crippen molar-refractivity contribution in [3.63, 3.8) is 0 Å². The van der Waals surface area contributed by atoms with E-state index in [1.807, 2.05) is 6.08 Å². The molecule has 6 heterocycles. The molecule has 6 rings (SSSR count). The van der Waals surface area contributed by atoms with E-state index in [0.717, 1.165) is 111 Å². The molecule has 0 aromatic carbocycles. The number of H-pyrrole nitrogens is 2. The van der Waals surface area contributed by atoms with Crippen molar-refractivity contribution in [1.29, 1.82) is 0 Å². The Morgan fingerprint density at radius 2 is 1.32 bits per heavy atom. The van der Waals surface area contributed by atoms with Crippen molar-refractivity contribution in [1.82, 2.24) is 24.8 Å². The van der Waals surface area contributed by atoms with Gasteiger partial charge >= 0.3 is 23.9 Å². The summed E-state index contributed by atoms with van der Waals surface area (Å²) in [6, 6.07) is 8.42. The van der Waals surface area contributed by atoms with Gasteiger partial charge in [-0.2, -0.15) is 0 Å². The van der Waals surface area contributed by atoms with Crippen molar-refractivity contribution in [2.45, 2.75) is 119 Å². The minimum Gasteiger partial charge on any atom is -0.463 e. The van der Waals surface area contributed by atoms with Crippen LogP contribution < -0.4 is 0 Å². The standard InChI is InChI=1S/C51H63N5O12/c1-13-35-28(5)41-24-44-36(14-2)27(4)40(53-44)23-42-29(6)37(47(55-42)30(7)39-21-26(3)38(52-39)22-43(35)54-41)15-16-46(61)56(12)17-18-62-19-20-63-51-50(67-34(11)60)49(66-33(10)59)48(65-32(9)58)45(68-51)25-64-31(8)57/h14,21-24,45,48-53H,2,13,15-20,25H2,1,3-12H3/t45-,48-,49+,50-,51-/m1/s1. The molecule has 3 aliphatic rings. The first-order chi connectivity index (χ1) is 32.3. The number of esters is 4. The second-order valence-corrected chi connectivity index (χ2v) is 17.2. The van der Waals surface area contributed by atoms with Crippen molar-refractivity contribution < 1.29 is 57.1 Å². The number of nitrogens with zero attached hydrogens (tertiary/aromatic N) is 3. The number of likely N-dealkylation sites (N-methyl/N-ethyl adjacent to an activating group) is 1. The molecule has 3 aromatic rings. The van der Waals surface area contributed by atoms with E-state index in [0.29, 0.717) is 6.42 Å². The molecular weight excluding hydrogens is 875 g/mol. The number of rotatable bonds is 17. The topological polar surface area (TPSA) is 211 Å². The van der Waals surface area contributed by atoms with E-state index < -0.39 is 54.6 Å². The molecule has 1 saturated heterocycles. The minimum absolute atomic E-state index is 0.0421. The molecule has 5 atom stereocenters. The predicted octanol–water partition coefficient (Wildman–Crippen LogP) is 7.51. The highest BCUT2D eigenvalue weighted by Crippen LogP contribution is 2.38. The van der Waals surface area contributed by atoms with Gasteiger partial charge in [0.15, 0.2) is 24.6 Å². The highest BCUT2D eigenvalue weighted by atomic mass is 16.7. The SMILES string of the molecule is C=Cc1c(C)c2cc3nc(c(C)c4cc(C)c(cc5nc(cc1[nH]2)C(C)=C5CC)[nH]4)C(CCC(=O)N(C)CCOCCO[C@@H]1O[C@H](COC(C)=O)[C@@H](OC(C)=O)[C@H](OC(C)=O)[C@H]1OC(C)=O)=C3C.